The molecule has 2 rings (SSSR count). The van der Waals surface area contributed by atoms with Gasteiger partial charge in [-0.3, -0.25) is 4.79 Å². The third-order valence-electron chi connectivity index (χ3n) is 3.35. The van der Waals surface area contributed by atoms with E-state index in [0.717, 1.165) is 25.7 Å². The lowest BCUT2D eigenvalue weighted by atomic mass is 10.0. The van der Waals surface area contributed by atoms with Gasteiger partial charge in [0.05, 0.1) is 16.2 Å². The Bertz CT molecular complexity index is 456. The van der Waals surface area contributed by atoms with Gasteiger partial charge in [0.15, 0.2) is 0 Å². The number of nitrogens with two attached hydrogens (primary N) is 1. The quantitative estimate of drug-likeness (QED) is 0.734. The molecule has 4 nitrogen and oxygen atoms in total. The summed E-state index contributed by atoms with van der Waals surface area (Å²) in [5, 5.41) is 13.2. The molecule has 0 aromatic heterocycles. The van der Waals surface area contributed by atoms with Crippen molar-refractivity contribution in [2.24, 2.45) is 0 Å². The predicted molar refractivity (Wildman–Crippen MR) is 71.6 cm³/mol. The van der Waals surface area contributed by atoms with Crippen LogP contribution in [0.25, 0.3) is 0 Å². The highest BCUT2D eigenvalue weighted by Gasteiger charge is 2.31. The van der Waals surface area contributed by atoms with Gasteiger partial charge < -0.3 is 16.2 Å². The zero-order chi connectivity index (χ0) is 13.2. The zero-order valence-corrected chi connectivity index (χ0v) is 10.8. The van der Waals surface area contributed by atoms with Crippen LogP contribution >= 0.6 is 11.6 Å². The van der Waals surface area contributed by atoms with Crippen molar-refractivity contribution in [1.82, 2.24) is 5.32 Å². The molecule has 1 aliphatic carbocycles. The van der Waals surface area contributed by atoms with Gasteiger partial charge in [0.25, 0.3) is 5.91 Å². The third kappa shape index (κ3) is 2.94. The fourth-order valence-corrected chi connectivity index (χ4v) is 2.47. The second-order valence-corrected chi connectivity index (χ2v) is 5.26. The van der Waals surface area contributed by atoms with E-state index < -0.39 is 5.60 Å². The number of anilines is 1. The van der Waals surface area contributed by atoms with Crippen molar-refractivity contribution in [3.8, 4) is 0 Å². The molecule has 1 fully saturated rings. The van der Waals surface area contributed by atoms with E-state index in [0.29, 0.717) is 16.3 Å². The summed E-state index contributed by atoms with van der Waals surface area (Å²) in [6, 6.07) is 4.77. The first kappa shape index (κ1) is 13.2. The standard InChI is InChI=1S/C13H17ClN2O2/c14-11-4-3-9(15)7-10(11)12(17)16-8-13(18)5-1-2-6-13/h3-4,7,18H,1-2,5-6,8,15H2,(H,16,17). The van der Waals surface area contributed by atoms with Gasteiger partial charge in [-0.1, -0.05) is 24.4 Å². The van der Waals surface area contributed by atoms with E-state index in [2.05, 4.69) is 5.32 Å². The van der Waals surface area contributed by atoms with Crippen LogP contribution in [-0.4, -0.2) is 23.2 Å². The van der Waals surface area contributed by atoms with Crippen LogP contribution in [0.1, 0.15) is 36.0 Å². The van der Waals surface area contributed by atoms with Crippen molar-refractivity contribution >= 4 is 23.2 Å². The Balaban J connectivity index is 2.01. The summed E-state index contributed by atoms with van der Waals surface area (Å²) in [4.78, 5) is 12.0. The second kappa shape index (κ2) is 5.16. The lowest BCUT2D eigenvalue weighted by Gasteiger charge is -2.22. The number of carbonyl (C=O) groups is 1. The molecule has 1 amide bonds. The Morgan fingerprint density at radius 2 is 2.11 bits per heavy atom. The van der Waals surface area contributed by atoms with Gasteiger partial charge >= 0.3 is 0 Å². The molecule has 0 spiro atoms. The zero-order valence-electron chi connectivity index (χ0n) is 10.1. The van der Waals surface area contributed by atoms with Crippen LogP contribution in [0.3, 0.4) is 0 Å². The molecule has 0 aliphatic heterocycles. The van der Waals surface area contributed by atoms with Crippen molar-refractivity contribution < 1.29 is 9.90 Å². The molecule has 18 heavy (non-hydrogen) atoms. The average Bonchev–Trinajstić information content (AvgIpc) is 2.77. The van der Waals surface area contributed by atoms with Gasteiger partial charge in [-0.15, -0.1) is 0 Å². The molecular weight excluding hydrogens is 252 g/mol. The number of carbonyl (C=O) groups excluding carboxylic acids is 1. The monoisotopic (exact) mass is 268 g/mol. The Morgan fingerprint density at radius 3 is 2.78 bits per heavy atom. The molecule has 1 aliphatic rings. The van der Waals surface area contributed by atoms with Gasteiger partial charge in [0.2, 0.25) is 0 Å². The maximum absolute atomic E-state index is 12.0. The number of hydrogen-bond acceptors (Lipinski definition) is 3. The van der Waals surface area contributed by atoms with Crippen molar-refractivity contribution in [2.75, 3.05) is 12.3 Å². The number of amides is 1. The van der Waals surface area contributed by atoms with Crippen molar-refractivity contribution in [2.45, 2.75) is 31.3 Å². The second-order valence-electron chi connectivity index (χ2n) is 4.85. The summed E-state index contributed by atoms with van der Waals surface area (Å²) in [7, 11) is 0. The lowest BCUT2D eigenvalue weighted by molar-refractivity contribution is 0.0450. The van der Waals surface area contributed by atoms with Crippen LogP contribution in [-0.2, 0) is 0 Å². The highest BCUT2D eigenvalue weighted by atomic mass is 35.5. The molecule has 0 unspecified atom stereocenters. The van der Waals surface area contributed by atoms with E-state index in [-0.39, 0.29) is 12.5 Å². The summed E-state index contributed by atoms with van der Waals surface area (Å²) in [5.74, 6) is -0.298. The molecular formula is C13H17ClN2O2. The van der Waals surface area contributed by atoms with Crippen LogP contribution < -0.4 is 11.1 Å². The van der Waals surface area contributed by atoms with Crippen LogP contribution in [0.4, 0.5) is 5.69 Å². The maximum Gasteiger partial charge on any atom is 0.252 e. The van der Waals surface area contributed by atoms with E-state index in [4.69, 9.17) is 17.3 Å². The maximum atomic E-state index is 12.0. The summed E-state index contributed by atoms with van der Waals surface area (Å²) >= 11 is 5.94. The van der Waals surface area contributed by atoms with E-state index in [1.54, 1.807) is 12.1 Å². The first-order chi connectivity index (χ1) is 8.50. The molecule has 0 saturated heterocycles. The number of rotatable bonds is 3. The van der Waals surface area contributed by atoms with E-state index in [9.17, 15) is 9.90 Å². The first-order valence-corrected chi connectivity index (χ1v) is 6.44. The van der Waals surface area contributed by atoms with Gasteiger partial charge in [-0.2, -0.15) is 0 Å². The Labute approximate surface area is 111 Å². The fraction of sp³-hybridized carbons (Fsp3) is 0.462. The molecule has 0 heterocycles. The van der Waals surface area contributed by atoms with Crippen molar-refractivity contribution in [3.63, 3.8) is 0 Å². The minimum atomic E-state index is -0.761. The Hall–Kier alpha value is -1.26. The van der Waals surface area contributed by atoms with Crippen molar-refractivity contribution in [1.29, 1.82) is 0 Å². The highest BCUT2D eigenvalue weighted by molar-refractivity contribution is 6.34. The largest absolute Gasteiger partial charge is 0.399 e. The molecule has 1 aromatic rings. The van der Waals surface area contributed by atoms with Gasteiger partial charge in [0, 0.05) is 12.2 Å². The SMILES string of the molecule is Nc1ccc(Cl)c(C(=O)NCC2(O)CCCC2)c1. The fourth-order valence-electron chi connectivity index (χ4n) is 2.27. The normalized spacial score (nSPS) is 17.7. The minimum absolute atomic E-state index is 0.261. The number of aliphatic hydroxyl groups is 1. The van der Waals surface area contributed by atoms with E-state index in [1.165, 1.54) is 6.07 Å². The number of nitrogens with one attached hydrogen (secondary N) is 1. The molecule has 0 bridgehead atoms. The van der Waals surface area contributed by atoms with Gasteiger partial charge in [-0.05, 0) is 31.0 Å². The molecule has 1 aromatic carbocycles. The van der Waals surface area contributed by atoms with Gasteiger partial charge in [0.1, 0.15) is 0 Å². The Kier molecular flexibility index (Phi) is 3.78. The molecule has 4 N–H and O–H groups in total. The smallest absolute Gasteiger partial charge is 0.252 e. The molecule has 0 radical (unpaired) electrons. The Morgan fingerprint density at radius 1 is 1.44 bits per heavy atom. The number of benzene rings is 1. The van der Waals surface area contributed by atoms with E-state index >= 15 is 0 Å². The molecule has 1 saturated carbocycles. The van der Waals surface area contributed by atoms with Crippen LogP contribution in [0.15, 0.2) is 18.2 Å². The average molecular weight is 269 g/mol. The van der Waals surface area contributed by atoms with E-state index in [1.807, 2.05) is 0 Å². The van der Waals surface area contributed by atoms with Crippen molar-refractivity contribution in [3.05, 3.63) is 28.8 Å². The van der Waals surface area contributed by atoms with Crippen LogP contribution in [0, 0.1) is 0 Å². The van der Waals surface area contributed by atoms with Crippen LogP contribution in [0.2, 0.25) is 5.02 Å². The topological polar surface area (TPSA) is 75.4 Å². The first-order valence-electron chi connectivity index (χ1n) is 6.06. The molecule has 0 atom stereocenters. The lowest BCUT2D eigenvalue weighted by Crippen LogP contribution is -2.40. The summed E-state index contributed by atoms with van der Waals surface area (Å²) in [5.41, 5.74) is 5.70. The molecule has 98 valence electrons. The number of halogens is 1. The summed E-state index contributed by atoms with van der Waals surface area (Å²) in [6.45, 7) is 0.261. The number of hydrogen-bond donors (Lipinski definition) is 3. The summed E-state index contributed by atoms with van der Waals surface area (Å²) < 4.78 is 0. The van der Waals surface area contributed by atoms with Gasteiger partial charge in [-0.25, -0.2) is 0 Å². The molecule has 5 heteroatoms. The van der Waals surface area contributed by atoms with Crippen LogP contribution in [0.5, 0.6) is 0 Å². The summed E-state index contributed by atoms with van der Waals surface area (Å²) in [6.07, 6.45) is 3.48. The minimum Gasteiger partial charge on any atom is -0.399 e. The third-order valence-corrected chi connectivity index (χ3v) is 3.68. The number of nitrogen functional groups attached to an aromatic ring is 1. The highest BCUT2D eigenvalue weighted by Crippen LogP contribution is 2.28. The predicted octanol–water partition coefficient (Wildman–Crippen LogP) is 1.96.